The van der Waals surface area contributed by atoms with Gasteiger partial charge in [-0.15, -0.1) is 0 Å². The van der Waals surface area contributed by atoms with Gasteiger partial charge in [0.25, 0.3) is 11.5 Å². The number of aryl methyl sites for hydroxylation is 1. The van der Waals surface area contributed by atoms with E-state index in [1.165, 1.54) is 36.2 Å². The van der Waals surface area contributed by atoms with Gasteiger partial charge in [0.1, 0.15) is 0 Å². The van der Waals surface area contributed by atoms with Gasteiger partial charge in [0, 0.05) is 55.3 Å². The Morgan fingerprint density at radius 3 is 2.55 bits per heavy atom. The van der Waals surface area contributed by atoms with E-state index in [1.807, 2.05) is 48.2 Å². The van der Waals surface area contributed by atoms with E-state index in [4.69, 9.17) is 0 Å². The fourth-order valence-electron chi connectivity index (χ4n) is 3.66. The van der Waals surface area contributed by atoms with Crippen molar-refractivity contribution in [2.45, 2.75) is 6.42 Å². The Bertz CT molecular complexity index is 1070. The van der Waals surface area contributed by atoms with Crippen molar-refractivity contribution < 1.29 is 4.79 Å². The average Bonchev–Trinajstić information content (AvgIpc) is 2.76. The molecule has 3 aromatic rings. The highest BCUT2D eigenvalue weighted by atomic mass is 32.2. The molecule has 0 atom stereocenters. The van der Waals surface area contributed by atoms with E-state index in [0.717, 1.165) is 29.6 Å². The molecule has 2 heterocycles. The fraction of sp³-hybridized carbons (Fsp3) is 0.304. The van der Waals surface area contributed by atoms with Gasteiger partial charge in [-0.3, -0.25) is 9.59 Å². The highest BCUT2D eigenvalue weighted by Crippen LogP contribution is 2.19. The summed E-state index contributed by atoms with van der Waals surface area (Å²) < 4.78 is 1.56. The molecule has 29 heavy (non-hydrogen) atoms. The molecule has 0 bridgehead atoms. The lowest BCUT2D eigenvalue weighted by Gasteiger charge is -2.26. The third-order valence-corrected chi connectivity index (χ3v) is 6.37. The number of carbonyl (C=O) groups is 1. The monoisotopic (exact) mass is 407 g/mol. The molecule has 0 radical (unpaired) electrons. The highest BCUT2D eigenvalue weighted by Gasteiger charge is 2.14. The molecule has 6 heteroatoms. The van der Waals surface area contributed by atoms with Crippen LogP contribution in [0.25, 0.3) is 10.9 Å². The van der Waals surface area contributed by atoms with Crippen LogP contribution in [0.15, 0.2) is 59.4 Å². The second-order valence-corrected chi connectivity index (χ2v) is 8.55. The van der Waals surface area contributed by atoms with E-state index < -0.39 is 0 Å². The van der Waals surface area contributed by atoms with Gasteiger partial charge < -0.3 is 14.8 Å². The Morgan fingerprint density at radius 1 is 1.07 bits per heavy atom. The van der Waals surface area contributed by atoms with Crippen LogP contribution in [0.5, 0.6) is 0 Å². The van der Waals surface area contributed by atoms with Gasteiger partial charge in [0.05, 0.1) is 11.1 Å². The Labute approximate surface area is 174 Å². The van der Waals surface area contributed by atoms with Gasteiger partial charge >= 0.3 is 0 Å². The average molecular weight is 408 g/mol. The van der Waals surface area contributed by atoms with Crippen molar-refractivity contribution in [2.75, 3.05) is 36.5 Å². The predicted molar refractivity (Wildman–Crippen MR) is 121 cm³/mol. The topological polar surface area (TPSA) is 54.3 Å². The van der Waals surface area contributed by atoms with Crippen molar-refractivity contribution in [1.29, 1.82) is 0 Å². The fourth-order valence-corrected chi connectivity index (χ4v) is 4.64. The standard InChI is InChI=1S/C23H25N3O2S/c1-25-21-5-3-2-4-19(21)20(16-22(25)27)23(28)24-18-8-6-17(7-9-18)10-11-26-12-14-29-15-13-26/h2-9,16H,10-15H2,1H3,(H,24,28). The molecule has 1 fully saturated rings. The van der Waals surface area contributed by atoms with Gasteiger partial charge in [0.2, 0.25) is 0 Å². The number of carbonyl (C=O) groups excluding carboxylic acids is 1. The van der Waals surface area contributed by atoms with Crippen LogP contribution < -0.4 is 10.9 Å². The largest absolute Gasteiger partial charge is 0.322 e. The molecule has 4 rings (SSSR count). The van der Waals surface area contributed by atoms with Crippen molar-refractivity contribution in [3.63, 3.8) is 0 Å². The zero-order valence-corrected chi connectivity index (χ0v) is 17.4. The van der Waals surface area contributed by atoms with Crippen LogP contribution in [0.1, 0.15) is 15.9 Å². The first-order valence-corrected chi connectivity index (χ1v) is 11.1. The molecule has 0 unspecified atom stereocenters. The second-order valence-electron chi connectivity index (χ2n) is 7.33. The third-order valence-electron chi connectivity index (χ3n) is 5.43. The summed E-state index contributed by atoms with van der Waals surface area (Å²) in [4.78, 5) is 27.6. The summed E-state index contributed by atoms with van der Waals surface area (Å²) in [6.07, 6.45) is 1.01. The van der Waals surface area contributed by atoms with Gasteiger partial charge in [0.15, 0.2) is 0 Å². The number of nitrogens with one attached hydrogen (secondary N) is 1. The molecule has 1 aliphatic rings. The van der Waals surface area contributed by atoms with Gasteiger partial charge in [-0.05, 0) is 30.2 Å². The molecule has 1 saturated heterocycles. The van der Waals surface area contributed by atoms with Crippen molar-refractivity contribution in [2.24, 2.45) is 7.05 Å². The van der Waals surface area contributed by atoms with Crippen molar-refractivity contribution >= 4 is 34.3 Å². The zero-order chi connectivity index (χ0) is 20.2. The molecule has 1 amide bonds. The summed E-state index contributed by atoms with van der Waals surface area (Å²) in [5.41, 5.74) is 2.95. The van der Waals surface area contributed by atoms with Crippen LogP contribution in [0, 0.1) is 0 Å². The highest BCUT2D eigenvalue weighted by molar-refractivity contribution is 7.99. The molecule has 5 nitrogen and oxygen atoms in total. The summed E-state index contributed by atoms with van der Waals surface area (Å²) in [5, 5.41) is 3.70. The molecule has 1 aliphatic heterocycles. The van der Waals surface area contributed by atoms with Crippen LogP contribution in [-0.4, -0.2) is 46.5 Å². The lowest BCUT2D eigenvalue weighted by molar-refractivity contribution is 0.102. The molecule has 150 valence electrons. The number of rotatable bonds is 5. The molecule has 0 spiro atoms. The van der Waals surface area contributed by atoms with Gasteiger partial charge in [-0.1, -0.05) is 30.3 Å². The Kier molecular flexibility index (Phi) is 6.02. The SMILES string of the molecule is Cn1c(=O)cc(C(=O)Nc2ccc(CCN3CCSCC3)cc2)c2ccccc21. The Morgan fingerprint density at radius 2 is 1.79 bits per heavy atom. The summed E-state index contributed by atoms with van der Waals surface area (Å²) in [5.74, 6) is 2.18. The molecule has 0 aliphatic carbocycles. The normalized spacial score (nSPS) is 14.8. The number of aromatic nitrogens is 1. The first-order valence-electron chi connectivity index (χ1n) is 9.91. The van der Waals surface area contributed by atoms with Crippen LogP contribution >= 0.6 is 11.8 Å². The number of para-hydroxylation sites is 1. The number of hydrogen-bond acceptors (Lipinski definition) is 4. The number of amides is 1. The Hall–Kier alpha value is -2.57. The maximum atomic E-state index is 12.8. The van der Waals surface area contributed by atoms with Gasteiger partial charge in [-0.2, -0.15) is 11.8 Å². The lowest BCUT2D eigenvalue weighted by atomic mass is 10.1. The second kappa shape index (κ2) is 8.84. The van der Waals surface area contributed by atoms with Crippen molar-refractivity contribution in [1.82, 2.24) is 9.47 Å². The van der Waals surface area contributed by atoms with E-state index in [-0.39, 0.29) is 11.5 Å². The number of thioether (sulfide) groups is 1. The Balaban J connectivity index is 1.45. The van der Waals surface area contributed by atoms with Crippen LogP contribution in [0.3, 0.4) is 0 Å². The summed E-state index contributed by atoms with van der Waals surface area (Å²) >= 11 is 2.03. The number of hydrogen-bond donors (Lipinski definition) is 1. The van der Waals surface area contributed by atoms with E-state index in [0.29, 0.717) is 5.56 Å². The van der Waals surface area contributed by atoms with E-state index in [9.17, 15) is 9.59 Å². The maximum Gasteiger partial charge on any atom is 0.256 e. The van der Waals surface area contributed by atoms with E-state index in [1.54, 1.807) is 11.6 Å². The summed E-state index contributed by atoms with van der Waals surface area (Å²) in [7, 11) is 1.72. The minimum Gasteiger partial charge on any atom is -0.322 e. The number of benzene rings is 2. The number of pyridine rings is 1. The zero-order valence-electron chi connectivity index (χ0n) is 16.6. The summed E-state index contributed by atoms with van der Waals surface area (Å²) in [6.45, 7) is 3.41. The number of fused-ring (bicyclic) bond motifs is 1. The molecular weight excluding hydrogens is 382 g/mol. The van der Waals surface area contributed by atoms with E-state index in [2.05, 4.69) is 22.3 Å². The van der Waals surface area contributed by atoms with Crippen LogP contribution in [0.4, 0.5) is 5.69 Å². The van der Waals surface area contributed by atoms with E-state index >= 15 is 0 Å². The summed E-state index contributed by atoms with van der Waals surface area (Å²) in [6, 6.07) is 16.9. The molecular formula is C23H25N3O2S. The molecule has 0 saturated carbocycles. The predicted octanol–water partition coefficient (Wildman–Crippen LogP) is 3.38. The first-order chi connectivity index (χ1) is 14.1. The van der Waals surface area contributed by atoms with Crippen LogP contribution in [-0.2, 0) is 13.5 Å². The van der Waals surface area contributed by atoms with Crippen molar-refractivity contribution in [3.05, 3.63) is 76.1 Å². The van der Waals surface area contributed by atoms with Crippen molar-refractivity contribution in [3.8, 4) is 0 Å². The smallest absolute Gasteiger partial charge is 0.256 e. The molecule has 1 aromatic heterocycles. The quantitative estimate of drug-likeness (QED) is 0.705. The first kappa shape index (κ1) is 19.7. The third kappa shape index (κ3) is 4.54. The minimum absolute atomic E-state index is 0.194. The van der Waals surface area contributed by atoms with Crippen LogP contribution in [0.2, 0.25) is 0 Å². The lowest BCUT2D eigenvalue weighted by Crippen LogP contribution is -2.34. The molecule has 2 aromatic carbocycles. The molecule has 1 N–H and O–H groups in total. The number of nitrogens with zero attached hydrogens (tertiary/aromatic N) is 2. The maximum absolute atomic E-state index is 12.8. The number of anilines is 1. The van der Waals surface area contributed by atoms with Gasteiger partial charge in [-0.25, -0.2) is 0 Å². The minimum atomic E-state index is -0.266.